The van der Waals surface area contributed by atoms with Gasteiger partial charge in [-0.1, -0.05) is 54.6 Å². The van der Waals surface area contributed by atoms with Crippen LogP contribution in [0.4, 0.5) is 4.39 Å². The molecule has 0 aliphatic rings. The molecule has 0 radical (unpaired) electrons. The predicted molar refractivity (Wildman–Crippen MR) is 166 cm³/mol. The zero-order valence-electron chi connectivity index (χ0n) is 25.3. The number of nitrogens with zero attached hydrogens (tertiary/aromatic N) is 1. The summed E-state index contributed by atoms with van der Waals surface area (Å²) in [5.41, 5.74) is 2.98. The van der Waals surface area contributed by atoms with Crippen LogP contribution in [0.25, 0.3) is 0 Å². The van der Waals surface area contributed by atoms with E-state index < -0.39 is 6.04 Å². The summed E-state index contributed by atoms with van der Waals surface area (Å²) in [4.78, 5) is 29.5. The summed E-state index contributed by atoms with van der Waals surface area (Å²) in [6, 6.07) is 25.0. The highest BCUT2D eigenvalue weighted by Gasteiger charge is 2.31. The van der Waals surface area contributed by atoms with Crippen LogP contribution in [0.1, 0.15) is 28.3 Å². The third-order valence-electron chi connectivity index (χ3n) is 7.23. The van der Waals surface area contributed by atoms with Gasteiger partial charge in [0.15, 0.2) is 23.0 Å². The van der Waals surface area contributed by atoms with E-state index in [0.29, 0.717) is 52.7 Å². The fourth-order valence-corrected chi connectivity index (χ4v) is 4.95. The molecule has 4 aromatic rings. The molecule has 4 rings (SSSR count). The zero-order valence-corrected chi connectivity index (χ0v) is 25.3. The minimum absolute atomic E-state index is 0.00378. The Labute approximate surface area is 257 Å². The number of amides is 2. The fourth-order valence-electron chi connectivity index (χ4n) is 4.95. The monoisotopic (exact) mass is 600 g/mol. The minimum Gasteiger partial charge on any atom is -0.493 e. The Morgan fingerprint density at radius 2 is 1.25 bits per heavy atom. The van der Waals surface area contributed by atoms with Crippen LogP contribution in [0.15, 0.2) is 91.0 Å². The molecule has 0 bridgehead atoms. The number of carbonyl (C=O) groups is 2. The van der Waals surface area contributed by atoms with E-state index in [1.165, 1.54) is 24.1 Å². The molecule has 2 amide bonds. The number of rotatable bonds is 14. The largest absolute Gasteiger partial charge is 0.493 e. The highest BCUT2D eigenvalue weighted by atomic mass is 19.1. The van der Waals surface area contributed by atoms with Gasteiger partial charge in [0.1, 0.15) is 11.9 Å². The van der Waals surface area contributed by atoms with Gasteiger partial charge in [-0.2, -0.15) is 0 Å². The van der Waals surface area contributed by atoms with Gasteiger partial charge in [-0.05, 0) is 65.1 Å². The van der Waals surface area contributed by atoms with Gasteiger partial charge in [0, 0.05) is 13.1 Å². The second-order valence-electron chi connectivity index (χ2n) is 10.1. The fraction of sp³-hybridized carbons (Fsp3) is 0.257. The maximum atomic E-state index is 14.1. The number of methoxy groups -OCH3 is 4. The van der Waals surface area contributed by atoms with Gasteiger partial charge in [0.25, 0.3) is 0 Å². The Balaban J connectivity index is 1.62. The Morgan fingerprint density at radius 1 is 0.705 bits per heavy atom. The molecule has 1 unspecified atom stereocenters. The first kappa shape index (κ1) is 31.9. The number of hydrogen-bond acceptors (Lipinski definition) is 6. The first-order valence-corrected chi connectivity index (χ1v) is 14.1. The molecular formula is C35H37FN2O6. The van der Waals surface area contributed by atoms with Crippen molar-refractivity contribution in [2.24, 2.45) is 0 Å². The Morgan fingerprint density at radius 3 is 1.84 bits per heavy atom. The Kier molecular flexibility index (Phi) is 11.2. The first-order valence-electron chi connectivity index (χ1n) is 14.1. The van der Waals surface area contributed by atoms with Crippen LogP contribution < -0.4 is 24.3 Å². The highest BCUT2D eigenvalue weighted by molar-refractivity contribution is 5.89. The van der Waals surface area contributed by atoms with E-state index in [4.69, 9.17) is 18.9 Å². The predicted octanol–water partition coefficient (Wildman–Crippen LogP) is 5.53. The van der Waals surface area contributed by atoms with Crippen LogP contribution in [0, 0.1) is 5.82 Å². The smallest absolute Gasteiger partial charge is 0.247 e. The zero-order chi connectivity index (χ0) is 31.5. The van der Waals surface area contributed by atoms with Crippen molar-refractivity contribution in [2.75, 3.05) is 35.0 Å². The van der Waals surface area contributed by atoms with Crippen molar-refractivity contribution in [3.05, 3.63) is 119 Å². The molecule has 44 heavy (non-hydrogen) atoms. The minimum atomic E-state index is -0.945. The molecule has 0 saturated carbocycles. The number of benzene rings is 4. The molecule has 0 fully saturated rings. The lowest BCUT2D eigenvalue weighted by Crippen LogP contribution is -2.44. The maximum absolute atomic E-state index is 14.1. The summed E-state index contributed by atoms with van der Waals surface area (Å²) in [5, 5.41) is 3.02. The molecule has 9 heteroatoms. The van der Waals surface area contributed by atoms with Gasteiger partial charge >= 0.3 is 0 Å². The van der Waals surface area contributed by atoms with E-state index >= 15 is 0 Å². The van der Waals surface area contributed by atoms with Crippen molar-refractivity contribution >= 4 is 11.8 Å². The molecule has 0 saturated heterocycles. The molecule has 0 aliphatic carbocycles. The summed E-state index contributed by atoms with van der Waals surface area (Å²) in [7, 11) is 6.22. The molecule has 8 nitrogen and oxygen atoms in total. The molecule has 0 aromatic heterocycles. The lowest BCUT2D eigenvalue weighted by molar-refractivity contribution is -0.141. The number of ether oxygens (including phenoxy) is 4. The molecule has 1 N–H and O–H groups in total. The third kappa shape index (κ3) is 8.06. The van der Waals surface area contributed by atoms with Crippen molar-refractivity contribution in [3.8, 4) is 23.0 Å². The van der Waals surface area contributed by atoms with Gasteiger partial charge in [0.05, 0.1) is 34.9 Å². The van der Waals surface area contributed by atoms with E-state index in [9.17, 15) is 14.0 Å². The summed E-state index contributed by atoms with van der Waals surface area (Å²) >= 11 is 0. The number of carbonyl (C=O) groups excluding carboxylic acids is 2. The SMILES string of the molecule is COc1ccc(CCNC(=O)C(c2ccccc2)N(Cc2ccc(F)cc2)C(=O)Cc2ccc(OC)c(OC)c2)cc1OC. The molecule has 4 aromatic carbocycles. The lowest BCUT2D eigenvalue weighted by Gasteiger charge is -2.32. The highest BCUT2D eigenvalue weighted by Crippen LogP contribution is 2.30. The second kappa shape index (κ2) is 15.4. The van der Waals surface area contributed by atoms with Crippen molar-refractivity contribution in [1.29, 1.82) is 0 Å². The summed E-state index contributed by atoms with van der Waals surface area (Å²) in [5.74, 6) is 1.26. The van der Waals surface area contributed by atoms with Gasteiger partial charge in [0.2, 0.25) is 11.8 Å². The first-order chi connectivity index (χ1) is 21.4. The quantitative estimate of drug-likeness (QED) is 0.205. The van der Waals surface area contributed by atoms with E-state index in [1.54, 1.807) is 51.7 Å². The molecule has 1 atom stereocenters. The average Bonchev–Trinajstić information content (AvgIpc) is 3.05. The number of nitrogens with one attached hydrogen (secondary N) is 1. The van der Waals surface area contributed by atoms with Crippen molar-refractivity contribution in [2.45, 2.75) is 25.4 Å². The molecule has 0 spiro atoms. The van der Waals surface area contributed by atoms with Crippen LogP contribution in [0.5, 0.6) is 23.0 Å². The van der Waals surface area contributed by atoms with E-state index in [-0.39, 0.29) is 30.6 Å². The topological polar surface area (TPSA) is 86.3 Å². The molecule has 0 heterocycles. The third-order valence-corrected chi connectivity index (χ3v) is 7.23. The summed E-state index contributed by atoms with van der Waals surface area (Å²) < 4.78 is 35.2. The molecule has 0 aliphatic heterocycles. The van der Waals surface area contributed by atoms with Crippen LogP contribution >= 0.6 is 0 Å². The van der Waals surface area contributed by atoms with Crippen LogP contribution in [0.2, 0.25) is 0 Å². The maximum Gasteiger partial charge on any atom is 0.247 e. The number of hydrogen-bond donors (Lipinski definition) is 1. The van der Waals surface area contributed by atoms with Gasteiger partial charge in [-0.15, -0.1) is 0 Å². The van der Waals surface area contributed by atoms with E-state index in [1.807, 2.05) is 48.5 Å². The van der Waals surface area contributed by atoms with Crippen LogP contribution in [-0.4, -0.2) is 51.7 Å². The standard InChI is InChI=1S/C35H37FN2O6/c1-41-29-16-12-24(20-31(29)43-3)18-19-37-35(40)34(27-8-6-5-7-9-27)38(23-25-10-14-28(36)15-11-25)33(39)22-26-13-17-30(42-2)32(21-26)44-4/h5-17,20-21,34H,18-19,22-23H2,1-4H3,(H,37,40). The normalized spacial score (nSPS) is 11.3. The van der Waals surface area contributed by atoms with E-state index in [0.717, 1.165) is 5.56 Å². The van der Waals surface area contributed by atoms with Crippen molar-refractivity contribution in [1.82, 2.24) is 10.2 Å². The summed E-state index contributed by atoms with van der Waals surface area (Å²) in [6.45, 7) is 0.418. The Hall–Kier alpha value is -5.05. The lowest BCUT2D eigenvalue weighted by atomic mass is 10.0. The van der Waals surface area contributed by atoms with Crippen LogP contribution in [-0.2, 0) is 29.0 Å². The van der Waals surface area contributed by atoms with Gasteiger partial charge in [-0.3, -0.25) is 9.59 Å². The van der Waals surface area contributed by atoms with Crippen molar-refractivity contribution in [3.63, 3.8) is 0 Å². The van der Waals surface area contributed by atoms with Gasteiger partial charge < -0.3 is 29.2 Å². The second-order valence-corrected chi connectivity index (χ2v) is 10.1. The average molecular weight is 601 g/mol. The van der Waals surface area contributed by atoms with E-state index in [2.05, 4.69) is 5.32 Å². The van der Waals surface area contributed by atoms with Gasteiger partial charge in [-0.25, -0.2) is 4.39 Å². The Bertz CT molecular complexity index is 1550. The van der Waals surface area contributed by atoms with Crippen LogP contribution in [0.3, 0.4) is 0 Å². The van der Waals surface area contributed by atoms with Crippen molar-refractivity contribution < 1.29 is 32.9 Å². The molecule has 230 valence electrons. The summed E-state index contributed by atoms with van der Waals surface area (Å²) in [6.07, 6.45) is 0.537. The number of halogens is 1. The molecular weight excluding hydrogens is 563 g/mol.